The average Bonchev–Trinajstić information content (AvgIpc) is 2.87. The molecule has 108 valence electrons. The zero-order valence-corrected chi connectivity index (χ0v) is 11.8. The molecule has 21 heavy (non-hydrogen) atoms. The molecule has 4 rings (SSSR count). The monoisotopic (exact) mass is 282 g/mol. The summed E-state index contributed by atoms with van der Waals surface area (Å²) in [5, 5.41) is 3.57. The van der Waals surface area contributed by atoms with Gasteiger partial charge >= 0.3 is 0 Å². The number of pyridine rings is 2. The van der Waals surface area contributed by atoms with E-state index in [1.807, 2.05) is 18.3 Å². The molecule has 0 aromatic carbocycles. The lowest BCUT2D eigenvalue weighted by molar-refractivity contribution is 0.467. The van der Waals surface area contributed by atoms with Gasteiger partial charge in [0.25, 0.3) is 0 Å². The minimum atomic E-state index is 0.617. The SMILES string of the molecule is c1cncc(Oc2cncc(N3CC4CNC(C4)C3)c2)c1. The predicted molar refractivity (Wildman–Crippen MR) is 80.7 cm³/mol. The van der Waals surface area contributed by atoms with Crippen LogP contribution in [0.3, 0.4) is 0 Å². The first kappa shape index (κ1) is 12.6. The second-order valence-electron chi connectivity index (χ2n) is 5.78. The van der Waals surface area contributed by atoms with Crippen molar-refractivity contribution in [1.82, 2.24) is 15.3 Å². The molecule has 0 aliphatic carbocycles. The summed E-state index contributed by atoms with van der Waals surface area (Å²) in [5.41, 5.74) is 1.13. The molecular formula is C16H18N4O. The molecule has 5 heteroatoms. The largest absolute Gasteiger partial charge is 0.454 e. The molecule has 2 unspecified atom stereocenters. The van der Waals surface area contributed by atoms with Gasteiger partial charge in [0.05, 0.1) is 24.3 Å². The van der Waals surface area contributed by atoms with Gasteiger partial charge in [-0.25, -0.2) is 0 Å². The first-order valence-corrected chi connectivity index (χ1v) is 7.38. The van der Waals surface area contributed by atoms with Crippen molar-refractivity contribution in [1.29, 1.82) is 0 Å². The Bertz CT molecular complexity index is 607. The van der Waals surface area contributed by atoms with Crippen molar-refractivity contribution in [3.63, 3.8) is 0 Å². The summed E-state index contributed by atoms with van der Waals surface area (Å²) in [6.45, 7) is 3.29. The number of nitrogens with zero attached hydrogens (tertiary/aromatic N) is 3. The summed E-state index contributed by atoms with van der Waals surface area (Å²) < 4.78 is 5.81. The molecular weight excluding hydrogens is 264 g/mol. The van der Waals surface area contributed by atoms with Gasteiger partial charge in [0.15, 0.2) is 0 Å². The summed E-state index contributed by atoms with van der Waals surface area (Å²) >= 11 is 0. The van der Waals surface area contributed by atoms with Crippen molar-refractivity contribution in [2.24, 2.45) is 5.92 Å². The highest BCUT2D eigenvalue weighted by Gasteiger charge is 2.32. The quantitative estimate of drug-likeness (QED) is 0.934. The summed E-state index contributed by atoms with van der Waals surface area (Å²) in [6, 6.07) is 6.43. The van der Waals surface area contributed by atoms with Gasteiger partial charge in [0, 0.05) is 37.9 Å². The number of nitrogens with one attached hydrogen (secondary N) is 1. The van der Waals surface area contributed by atoms with Crippen molar-refractivity contribution < 1.29 is 4.74 Å². The first-order chi connectivity index (χ1) is 10.4. The summed E-state index contributed by atoms with van der Waals surface area (Å²) in [7, 11) is 0. The number of anilines is 1. The fourth-order valence-corrected chi connectivity index (χ4v) is 3.22. The Labute approximate surface area is 124 Å². The van der Waals surface area contributed by atoms with Crippen LogP contribution in [-0.4, -0.2) is 35.6 Å². The maximum absolute atomic E-state index is 5.81. The molecule has 2 aliphatic heterocycles. The minimum Gasteiger partial charge on any atom is -0.454 e. The van der Waals surface area contributed by atoms with Gasteiger partial charge in [-0.1, -0.05) is 0 Å². The van der Waals surface area contributed by atoms with Gasteiger partial charge in [0.1, 0.15) is 11.5 Å². The lowest BCUT2D eigenvalue weighted by Crippen LogP contribution is -2.41. The van der Waals surface area contributed by atoms with Crippen LogP contribution in [0.5, 0.6) is 11.5 Å². The number of ether oxygens (including phenoxy) is 1. The molecule has 2 aromatic heterocycles. The van der Waals surface area contributed by atoms with E-state index >= 15 is 0 Å². The number of rotatable bonds is 3. The van der Waals surface area contributed by atoms with Gasteiger partial charge in [-0.05, 0) is 24.5 Å². The van der Waals surface area contributed by atoms with Crippen molar-refractivity contribution in [3.8, 4) is 11.5 Å². The Morgan fingerprint density at radius 2 is 2.10 bits per heavy atom. The zero-order valence-electron chi connectivity index (χ0n) is 11.8. The molecule has 0 spiro atoms. The molecule has 0 radical (unpaired) electrons. The molecule has 0 amide bonds. The van der Waals surface area contributed by atoms with Crippen LogP contribution in [0.2, 0.25) is 0 Å². The van der Waals surface area contributed by atoms with Crippen LogP contribution in [0, 0.1) is 5.92 Å². The molecule has 1 N–H and O–H groups in total. The Hall–Kier alpha value is -2.14. The van der Waals surface area contributed by atoms with Crippen molar-refractivity contribution in [2.75, 3.05) is 24.5 Å². The summed E-state index contributed by atoms with van der Waals surface area (Å²) in [4.78, 5) is 10.8. The van der Waals surface area contributed by atoms with E-state index in [4.69, 9.17) is 4.74 Å². The second kappa shape index (κ2) is 5.33. The maximum atomic E-state index is 5.81. The molecule has 2 atom stereocenters. The molecule has 2 bridgehead atoms. The lowest BCUT2D eigenvalue weighted by Gasteiger charge is -2.32. The number of hydrogen-bond acceptors (Lipinski definition) is 5. The van der Waals surface area contributed by atoms with E-state index in [1.54, 1.807) is 18.6 Å². The van der Waals surface area contributed by atoms with Gasteiger partial charge < -0.3 is 15.0 Å². The number of fused-ring (bicyclic) bond motifs is 2. The number of aromatic nitrogens is 2. The van der Waals surface area contributed by atoms with E-state index in [0.717, 1.165) is 42.7 Å². The van der Waals surface area contributed by atoms with Gasteiger partial charge in [-0.2, -0.15) is 0 Å². The van der Waals surface area contributed by atoms with Crippen LogP contribution >= 0.6 is 0 Å². The van der Waals surface area contributed by atoms with E-state index in [1.165, 1.54) is 6.42 Å². The van der Waals surface area contributed by atoms with E-state index in [9.17, 15) is 0 Å². The van der Waals surface area contributed by atoms with Gasteiger partial charge in [0.2, 0.25) is 0 Å². The number of piperidine rings is 1. The fourth-order valence-electron chi connectivity index (χ4n) is 3.22. The number of hydrogen-bond donors (Lipinski definition) is 1. The Morgan fingerprint density at radius 1 is 1.14 bits per heavy atom. The van der Waals surface area contributed by atoms with Crippen molar-refractivity contribution >= 4 is 5.69 Å². The predicted octanol–water partition coefficient (Wildman–Crippen LogP) is 2.07. The minimum absolute atomic E-state index is 0.617. The summed E-state index contributed by atoms with van der Waals surface area (Å²) in [6.07, 6.45) is 8.40. The normalized spacial score (nSPS) is 24.1. The molecule has 0 saturated carbocycles. The van der Waals surface area contributed by atoms with E-state index in [-0.39, 0.29) is 0 Å². The molecule has 5 nitrogen and oxygen atoms in total. The lowest BCUT2D eigenvalue weighted by atomic mass is 10.00. The maximum Gasteiger partial charge on any atom is 0.147 e. The molecule has 2 aromatic rings. The highest BCUT2D eigenvalue weighted by atomic mass is 16.5. The Kier molecular flexibility index (Phi) is 3.20. The summed E-state index contributed by atoms with van der Waals surface area (Å²) in [5.74, 6) is 2.25. The topological polar surface area (TPSA) is 50.3 Å². The van der Waals surface area contributed by atoms with Crippen molar-refractivity contribution in [2.45, 2.75) is 12.5 Å². The molecule has 2 saturated heterocycles. The van der Waals surface area contributed by atoms with Crippen molar-refractivity contribution in [3.05, 3.63) is 43.0 Å². The highest BCUT2D eigenvalue weighted by Crippen LogP contribution is 2.29. The standard InChI is InChI=1S/C16H18N4O/c1-2-15(8-17-3-1)21-16-5-14(7-18-9-16)20-10-12-4-13(11-20)19-6-12/h1-3,5,7-9,12-13,19H,4,6,10-11H2. The second-order valence-corrected chi connectivity index (χ2v) is 5.78. The molecule has 2 aliphatic rings. The van der Waals surface area contributed by atoms with Gasteiger partial charge in [-0.3, -0.25) is 9.97 Å². The van der Waals surface area contributed by atoms with E-state index in [2.05, 4.69) is 26.3 Å². The zero-order chi connectivity index (χ0) is 14.1. The Morgan fingerprint density at radius 3 is 2.95 bits per heavy atom. The van der Waals surface area contributed by atoms with Crippen LogP contribution in [0.1, 0.15) is 6.42 Å². The highest BCUT2D eigenvalue weighted by molar-refractivity contribution is 5.49. The Balaban J connectivity index is 1.53. The first-order valence-electron chi connectivity index (χ1n) is 7.38. The van der Waals surface area contributed by atoms with Gasteiger partial charge in [-0.15, -0.1) is 0 Å². The smallest absolute Gasteiger partial charge is 0.147 e. The third kappa shape index (κ3) is 2.69. The molecule has 2 fully saturated rings. The molecule has 4 heterocycles. The van der Waals surface area contributed by atoms with E-state index in [0.29, 0.717) is 6.04 Å². The third-order valence-electron chi connectivity index (χ3n) is 4.17. The van der Waals surface area contributed by atoms with E-state index < -0.39 is 0 Å². The van der Waals surface area contributed by atoms with Crippen LogP contribution in [0.15, 0.2) is 43.0 Å². The third-order valence-corrected chi connectivity index (χ3v) is 4.17. The fraction of sp³-hybridized carbons (Fsp3) is 0.375. The van der Waals surface area contributed by atoms with Crippen LogP contribution in [-0.2, 0) is 0 Å². The van der Waals surface area contributed by atoms with Crippen LogP contribution in [0.4, 0.5) is 5.69 Å². The van der Waals surface area contributed by atoms with Crippen LogP contribution < -0.4 is 15.0 Å². The van der Waals surface area contributed by atoms with Crippen LogP contribution in [0.25, 0.3) is 0 Å². The average molecular weight is 282 g/mol.